The van der Waals surface area contributed by atoms with Crippen molar-refractivity contribution in [2.45, 2.75) is 19.9 Å². The van der Waals surface area contributed by atoms with Gasteiger partial charge in [0.1, 0.15) is 5.82 Å². The first-order valence-electron chi connectivity index (χ1n) is 5.63. The Morgan fingerprint density at radius 1 is 1.24 bits per heavy atom. The Labute approximate surface area is 110 Å². The van der Waals surface area contributed by atoms with Crippen LogP contribution in [-0.2, 0) is 7.05 Å². The van der Waals surface area contributed by atoms with Crippen LogP contribution in [0, 0.1) is 0 Å². The largest absolute Gasteiger partial charge is 0.368 e. The molecule has 0 radical (unpaired) electrons. The number of rotatable bonds is 3. The van der Waals surface area contributed by atoms with E-state index in [4.69, 9.17) is 0 Å². The van der Waals surface area contributed by atoms with Crippen LogP contribution in [0.2, 0.25) is 0 Å². The van der Waals surface area contributed by atoms with Gasteiger partial charge >= 0.3 is 0 Å². The molecule has 3 nitrogen and oxygen atoms in total. The van der Waals surface area contributed by atoms with Gasteiger partial charge in [0, 0.05) is 29.2 Å². The minimum atomic E-state index is 0.406. The number of anilines is 1. The summed E-state index contributed by atoms with van der Waals surface area (Å²) in [6.07, 6.45) is 0. The van der Waals surface area contributed by atoms with Gasteiger partial charge in [-0.2, -0.15) is 5.10 Å². The van der Waals surface area contributed by atoms with Gasteiger partial charge in [0.25, 0.3) is 0 Å². The van der Waals surface area contributed by atoms with Gasteiger partial charge in [-0.3, -0.25) is 4.68 Å². The number of aryl methyl sites for hydroxylation is 1. The van der Waals surface area contributed by atoms with E-state index in [2.05, 4.69) is 58.4 Å². The Morgan fingerprint density at radius 3 is 2.47 bits per heavy atom. The van der Waals surface area contributed by atoms with Crippen molar-refractivity contribution in [2.24, 2.45) is 7.05 Å². The summed E-state index contributed by atoms with van der Waals surface area (Å²) in [6, 6.07) is 10.7. The third-order valence-electron chi connectivity index (χ3n) is 2.46. The Kier molecular flexibility index (Phi) is 3.52. The average Bonchev–Trinajstić information content (AvgIpc) is 2.60. The second-order valence-electron chi connectivity index (χ2n) is 4.34. The van der Waals surface area contributed by atoms with Crippen LogP contribution in [-0.4, -0.2) is 15.8 Å². The highest BCUT2D eigenvalue weighted by molar-refractivity contribution is 9.10. The van der Waals surface area contributed by atoms with E-state index in [0.29, 0.717) is 6.04 Å². The van der Waals surface area contributed by atoms with Crippen molar-refractivity contribution in [1.29, 1.82) is 0 Å². The first-order chi connectivity index (χ1) is 8.06. The molecular weight excluding hydrogens is 278 g/mol. The van der Waals surface area contributed by atoms with Gasteiger partial charge in [-0.15, -0.1) is 0 Å². The van der Waals surface area contributed by atoms with E-state index < -0.39 is 0 Å². The molecule has 1 aromatic heterocycles. The zero-order chi connectivity index (χ0) is 12.4. The number of nitrogens with zero attached hydrogens (tertiary/aromatic N) is 2. The van der Waals surface area contributed by atoms with Crippen molar-refractivity contribution in [3.8, 4) is 11.3 Å². The minimum Gasteiger partial charge on any atom is -0.368 e. The molecule has 0 saturated heterocycles. The van der Waals surface area contributed by atoms with Gasteiger partial charge in [-0.1, -0.05) is 28.1 Å². The molecule has 0 fully saturated rings. The summed E-state index contributed by atoms with van der Waals surface area (Å²) in [5.74, 6) is 1.04. The maximum atomic E-state index is 4.50. The van der Waals surface area contributed by atoms with Gasteiger partial charge in [0.2, 0.25) is 0 Å². The Morgan fingerprint density at radius 2 is 1.88 bits per heavy atom. The van der Waals surface area contributed by atoms with Crippen LogP contribution in [0.4, 0.5) is 5.82 Å². The Bertz CT molecular complexity index is 500. The smallest absolute Gasteiger partial charge is 0.124 e. The topological polar surface area (TPSA) is 29.9 Å². The molecule has 1 heterocycles. The van der Waals surface area contributed by atoms with Crippen molar-refractivity contribution >= 4 is 21.7 Å². The lowest BCUT2D eigenvalue weighted by Crippen LogP contribution is -2.12. The third kappa shape index (κ3) is 2.88. The zero-order valence-corrected chi connectivity index (χ0v) is 11.8. The summed E-state index contributed by atoms with van der Waals surface area (Å²) in [7, 11) is 1.95. The number of nitrogens with one attached hydrogen (secondary N) is 1. The van der Waals surface area contributed by atoms with Crippen molar-refractivity contribution in [2.75, 3.05) is 5.32 Å². The Hall–Kier alpha value is -1.29. The molecule has 2 aromatic rings. The standard InChI is InChI=1S/C13H16BrN3/c1-9(2)15-13-8-12(16-17(13)3)10-4-6-11(14)7-5-10/h4-9,15H,1-3H3. The zero-order valence-electron chi connectivity index (χ0n) is 10.2. The molecule has 0 saturated carbocycles. The summed E-state index contributed by atoms with van der Waals surface area (Å²) in [5, 5.41) is 7.87. The number of benzene rings is 1. The van der Waals surface area contributed by atoms with Crippen LogP contribution < -0.4 is 5.32 Å². The van der Waals surface area contributed by atoms with E-state index >= 15 is 0 Å². The molecule has 2 rings (SSSR count). The summed E-state index contributed by atoms with van der Waals surface area (Å²) >= 11 is 3.43. The fourth-order valence-electron chi connectivity index (χ4n) is 1.66. The molecule has 0 spiro atoms. The van der Waals surface area contributed by atoms with Crippen molar-refractivity contribution in [3.63, 3.8) is 0 Å². The van der Waals surface area contributed by atoms with Crippen LogP contribution in [0.1, 0.15) is 13.8 Å². The minimum absolute atomic E-state index is 0.406. The van der Waals surface area contributed by atoms with E-state index in [9.17, 15) is 0 Å². The highest BCUT2D eigenvalue weighted by Gasteiger charge is 2.07. The number of aromatic nitrogens is 2. The molecule has 0 aliphatic rings. The van der Waals surface area contributed by atoms with Crippen LogP contribution in [0.15, 0.2) is 34.8 Å². The van der Waals surface area contributed by atoms with Crippen LogP contribution in [0.3, 0.4) is 0 Å². The average molecular weight is 294 g/mol. The summed E-state index contributed by atoms with van der Waals surface area (Å²) in [6.45, 7) is 4.23. The number of hydrogen-bond donors (Lipinski definition) is 1. The summed E-state index contributed by atoms with van der Waals surface area (Å²) in [4.78, 5) is 0. The van der Waals surface area contributed by atoms with Crippen LogP contribution >= 0.6 is 15.9 Å². The van der Waals surface area contributed by atoms with Crippen molar-refractivity contribution in [3.05, 3.63) is 34.8 Å². The van der Waals surface area contributed by atoms with E-state index in [0.717, 1.165) is 21.5 Å². The summed E-state index contributed by atoms with van der Waals surface area (Å²) in [5.41, 5.74) is 2.11. The highest BCUT2D eigenvalue weighted by atomic mass is 79.9. The van der Waals surface area contributed by atoms with Crippen LogP contribution in [0.25, 0.3) is 11.3 Å². The lowest BCUT2D eigenvalue weighted by Gasteiger charge is -2.08. The predicted molar refractivity (Wildman–Crippen MR) is 75.1 cm³/mol. The van der Waals surface area contributed by atoms with Gasteiger partial charge in [-0.05, 0) is 26.0 Å². The summed E-state index contributed by atoms with van der Waals surface area (Å²) < 4.78 is 2.95. The molecule has 1 aromatic carbocycles. The maximum Gasteiger partial charge on any atom is 0.124 e. The molecule has 0 atom stereocenters. The SMILES string of the molecule is CC(C)Nc1cc(-c2ccc(Br)cc2)nn1C. The molecule has 0 unspecified atom stereocenters. The van der Waals surface area contributed by atoms with Gasteiger partial charge in [0.15, 0.2) is 0 Å². The highest BCUT2D eigenvalue weighted by Crippen LogP contribution is 2.23. The Balaban J connectivity index is 2.31. The van der Waals surface area contributed by atoms with E-state index in [1.165, 1.54) is 0 Å². The van der Waals surface area contributed by atoms with E-state index in [-0.39, 0.29) is 0 Å². The van der Waals surface area contributed by atoms with Crippen molar-refractivity contribution < 1.29 is 0 Å². The van der Waals surface area contributed by atoms with Crippen LogP contribution in [0.5, 0.6) is 0 Å². The monoisotopic (exact) mass is 293 g/mol. The van der Waals surface area contributed by atoms with Crippen molar-refractivity contribution in [1.82, 2.24) is 9.78 Å². The molecule has 0 aliphatic carbocycles. The number of halogens is 1. The number of hydrogen-bond acceptors (Lipinski definition) is 2. The molecule has 1 N–H and O–H groups in total. The van der Waals surface area contributed by atoms with Gasteiger partial charge < -0.3 is 5.32 Å². The molecule has 0 amide bonds. The molecule has 0 bridgehead atoms. The molecule has 90 valence electrons. The third-order valence-corrected chi connectivity index (χ3v) is 2.99. The molecule has 0 aliphatic heterocycles. The van der Waals surface area contributed by atoms with Gasteiger partial charge in [0.05, 0.1) is 5.69 Å². The first kappa shape index (κ1) is 12.2. The lowest BCUT2D eigenvalue weighted by molar-refractivity contribution is 0.756. The fraction of sp³-hybridized carbons (Fsp3) is 0.308. The molecular formula is C13H16BrN3. The quantitative estimate of drug-likeness (QED) is 0.936. The second-order valence-corrected chi connectivity index (χ2v) is 5.26. The van der Waals surface area contributed by atoms with E-state index in [1.54, 1.807) is 0 Å². The van der Waals surface area contributed by atoms with E-state index in [1.807, 2.05) is 23.9 Å². The predicted octanol–water partition coefficient (Wildman–Crippen LogP) is 3.67. The lowest BCUT2D eigenvalue weighted by atomic mass is 10.1. The molecule has 17 heavy (non-hydrogen) atoms. The fourth-order valence-corrected chi connectivity index (χ4v) is 1.92. The first-order valence-corrected chi connectivity index (χ1v) is 6.42. The normalized spacial score (nSPS) is 10.9. The maximum absolute atomic E-state index is 4.50. The van der Waals surface area contributed by atoms with Gasteiger partial charge in [-0.25, -0.2) is 0 Å². The second kappa shape index (κ2) is 4.92. The molecule has 4 heteroatoms.